The smallest absolute Gasteiger partial charge is 0.228 e. The fraction of sp³-hybridized carbons (Fsp3) is 0.294. The van der Waals surface area contributed by atoms with Gasteiger partial charge in [-0.15, -0.1) is 0 Å². The molecule has 1 aliphatic heterocycles. The minimum atomic E-state index is -0.360. The number of piperazine rings is 1. The van der Waals surface area contributed by atoms with Crippen molar-refractivity contribution in [3.8, 4) is 6.07 Å². The molecule has 1 fully saturated rings. The minimum Gasteiger partial charge on any atom is -0.324 e. The molecule has 1 saturated heterocycles. The molecule has 4 nitrogen and oxygen atoms in total. The van der Waals surface area contributed by atoms with Crippen molar-refractivity contribution >= 4 is 16.7 Å². The lowest BCUT2D eigenvalue weighted by Crippen LogP contribution is -2.53. The number of carbonyl (C=O) groups excluding carboxylic acids is 1. The molecule has 0 aromatic heterocycles. The van der Waals surface area contributed by atoms with E-state index in [0.717, 1.165) is 22.9 Å². The molecule has 21 heavy (non-hydrogen) atoms. The summed E-state index contributed by atoms with van der Waals surface area (Å²) in [4.78, 5) is 14.2. The Labute approximate surface area is 124 Å². The lowest BCUT2D eigenvalue weighted by atomic mass is 10.0. The SMILES string of the molecule is N#CC1CNCCN1C(=O)Cc1cccc2ccccc12. The number of rotatable bonds is 2. The zero-order valence-electron chi connectivity index (χ0n) is 11.7. The van der Waals surface area contributed by atoms with E-state index in [1.54, 1.807) is 4.90 Å². The second-order valence-electron chi connectivity index (χ2n) is 5.25. The van der Waals surface area contributed by atoms with E-state index in [1.165, 1.54) is 0 Å². The van der Waals surface area contributed by atoms with Crippen molar-refractivity contribution < 1.29 is 4.79 Å². The van der Waals surface area contributed by atoms with Gasteiger partial charge in [-0.25, -0.2) is 0 Å². The van der Waals surface area contributed by atoms with Crippen LogP contribution in [0.2, 0.25) is 0 Å². The number of fused-ring (bicyclic) bond motifs is 1. The molecule has 1 N–H and O–H groups in total. The molecule has 1 unspecified atom stereocenters. The highest BCUT2D eigenvalue weighted by Crippen LogP contribution is 2.20. The third-order valence-electron chi connectivity index (χ3n) is 3.93. The third kappa shape index (κ3) is 2.74. The molecule has 3 rings (SSSR count). The molecule has 0 saturated carbocycles. The van der Waals surface area contributed by atoms with E-state index in [9.17, 15) is 4.79 Å². The summed E-state index contributed by atoms with van der Waals surface area (Å²) in [6.45, 7) is 1.90. The predicted molar refractivity (Wildman–Crippen MR) is 81.6 cm³/mol. The van der Waals surface area contributed by atoms with Crippen LogP contribution in [0.25, 0.3) is 10.8 Å². The zero-order valence-corrected chi connectivity index (χ0v) is 11.7. The van der Waals surface area contributed by atoms with Crippen LogP contribution >= 0.6 is 0 Å². The van der Waals surface area contributed by atoms with E-state index in [4.69, 9.17) is 5.26 Å². The molecule has 2 aromatic rings. The average Bonchev–Trinajstić information content (AvgIpc) is 2.55. The normalized spacial score (nSPS) is 18.4. The van der Waals surface area contributed by atoms with Crippen LogP contribution in [-0.2, 0) is 11.2 Å². The van der Waals surface area contributed by atoms with Gasteiger partial charge in [0.15, 0.2) is 0 Å². The Morgan fingerprint density at radius 1 is 1.29 bits per heavy atom. The van der Waals surface area contributed by atoms with Gasteiger partial charge in [0.05, 0.1) is 12.5 Å². The molecule has 1 heterocycles. The van der Waals surface area contributed by atoms with Crippen LogP contribution in [0.3, 0.4) is 0 Å². The zero-order chi connectivity index (χ0) is 14.7. The first kappa shape index (κ1) is 13.6. The van der Waals surface area contributed by atoms with Crippen LogP contribution in [0.15, 0.2) is 42.5 Å². The van der Waals surface area contributed by atoms with Crippen LogP contribution in [0.4, 0.5) is 0 Å². The summed E-state index contributed by atoms with van der Waals surface area (Å²) in [5, 5.41) is 14.6. The first-order valence-electron chi connectivity index (χ1n) is 7.16. The maximum absolute atomic E-state index is 12.5. The van der Waals surface area contributed by atoms with Gasteiger partial charge in [-0.05, 0) is 16.3 Å². The second-order valence-corrected chi connectivity index (χ2v) is 5.25. The van der Waals surface area contributed by atoms with Gasteiger partial charge in [0.1, 0.15) is 6.04 Å². The fourth-order valence-corrected chi connectivity index (χ4v) is 2.83. The Morgan fingerprint density at radius 2 is 2.10 bits per heavy atom. The Morgan fingerprint density at radius 3 is 2.95 bits per heavy atom. The van der Waals surface area contributed by atoms with Gasteiger partial charge in [-0.1, -0.05) is 42.5 Å². The van der Waals surface area contributed by atoms with Crippen molar-refractivity contribution in [2.24, 2.45) is 0 Å². The number of nitriles is 1. The standard InChI is InChI=1S/C17H17N3O/c18-11-15-12-19-8-9-20(15)17(21)10-14-6-3-5-13-4-1-2-7-16(13)14/h1-7,15,19H,8-10,12H2. The number of amides is 1. The van der Waals surface area contributed by atoms with Gasteiger partial charge >= 0.3 is 0 Å². The highest BCUT2D eigenvalue weighted by atomic mass is 16.2. The molecular formula is C17H17N3O. The molecule has 0 aliphatic carbocycles. The van der Waals surface area contributed by atoms with Crippen LogP contribution < -0.4 is 5.32 Å². The van der Waals surface area contributed by atoms with E-state index in [0.29, 0.717) is 19.5 Å². The summed E-state index contributed by atoms with van der Waals surface area (Å²) < 4.78 is 0. The van der Waals surface area contributed by atoms with Gasteiger partial charge in [-0.3, -0.25) is 4.79 Å². The Bertz CT molecular complexity index is 699. The van der Waals surface area contributed by atoms with Gasteiger partial charge < -0.3 is 10.2 Å². The van der Waals surface area contributed by atoms with Crippen molar-refractivity contribution in [2.45, 2.75) is 12.5 Å². The second kappa shape index (κ2) is 5.94. The minimum absolute atomic E-state index is 0.0272. The Balaban J connectivity index is 1.85. The van der Waals surface area contributed by atoms with Gasteiger partial charge in [0, 0.05) is 19.6 Å². The lowest BCUT2D eigenvalue weighted by molar-refractivity contribution is -0.132. The van der Waals surface area contributed by atoms with E-state index in [-0.39, 0.29) is 11.9 Å². The summed E-state index contributed by atoms with van der Waals surface area (Å²) in [7, 11) is 0. The molecule has 1 atom stereocenters. The number of benzene rings is 2. The highest BCUT2D eigenvalue weighted by molar-refractivity contribution is 5.90. The number of hydrogen-bond donors (Lipinski definition) is 1. The Kier molecular flexibility index (Phi) is 3.85. The predicted octanol–water partition coefficient (Wildman–Crippen LogP) is 1.71. The summed E-state index contributed by atoms with van der Waals surface area (Å²) in [6.07, 6.45) is 0.347. The summed E-state index contributed by atoms with van der Waals surface area (Å²) in [6, 6.07) is 15.9. The summed E-state index contributed by atoms with van der Waals surface area (Å²) in [5.41, 5.74) is 1.02. The third-order valence-corrected chi connectivity index (χ3v) is 3.93. The first-order chi connectivity index (χ1) is 10.3. The molecule has 1 amide bonds. The Hall–Kier alpha value is -2.38. The van der Waals surface area contributed by atoms with Crippen LogP contribution in [-0.4, -0.2) is 36.5 Å². The molecule has 1 aliphatic rings. The van der Waals surface area contributed by atoms with E-state index in [1.807, 2.05) is 42.5 Å². The number of carbonyl (C=O) groups is 1. The van der Waals surface area contributed by atoms with E-state index in [2.05, 4.69) is 11.4 Å². The van der Waals surface area contributed by atoms with E-state index < -0.39 is 0 Å². The maximum Gasteiger partial charge on any atom is 0.228 e. The highest BCUT2D eigenvalue weighted by Gasteiger charge is 2.26. The molecule has 0 spiro atoms. The molecule has 2 aromatic carbocycles. The van der Waals surface area contributed by atoms with Crippen LogP contribution in [0.1, 0.15) is 5.56 Å². The largest absolute Gasteiger partial charge is 0.324 e. The number of nitrogens with one attached hydrogen (secondary N) is 1. The van der Waals surface area contributed by atoms with Gasteiger partial charge in [-0.2, -0.15) is 5.26 Å². The maximum atomic E-state index is 12.5. The van der Waals surface area contributed by atoms with Crippen molar-refractivity contribution in [1.82, 2.24) is 10.2 Å². The monoisotopic (exact) mass is 279 g/mol. The van der Waals surface area contributed by atoms with Crippen molar-refractivity contribution in [3.05, 3.63) is 48.0 Å². The quantitative estimate of drug-likeness (QED) is 0.910. The molecule has 0 bridgehead atoms. The molecular weight excluding hydrogens is 262 g/mol. The summed E-state index contributed by atoms with van der Waals surface area (Å²) >= 11 is 0. The average molecular weight is 279 g/mol. The number of hydrogen-bond acceptors (Lipinski definition) is 3. The van der Waals surface area contributed by atoms with Crippen LogP contribution in [0, 0.1) is 11.3 Å². The molecule has 0 radical (unpaired) electrons. The van der Waals surface area contributed by atoms with E-state index >= 15 is 0 Å². The summed E-state index contributed by atoms with van der Waals surface area (Å²) in [5.74, 6) is 0.0272. The first-order valence-corrected chi connectivity index (χ1v) is 7.16. The number of nitrogens with zero attached hydrogens (tertiary/aromatic N) is 2. The van der Waals surface area contributed by atoms with Gasteiger partial charge in [0.25, 0.3) is 0 Å². The van der Waals surface area contributed by atoms with Crippen molar-refractivity contribution in [1.29, 1.82) is 5.26 Å². The fourth-order valence-electron chi connectivity index (χ4n) is 2.83. The lowest BCUT2D eigenvalue weighted by Gasteiger charge is -2.32. The van der Waals surface area contributed by atoms with Crippen molar-refractivity contribution in [3.63, 3.8) is 0 Å². The van der Waals surface area contributed by atoms with Crippen molar-refractivity contribution in [2.75, 3.05) is 19.6 Å². The van der Waals surface area contributed by atoms with Gasteiger partial charge in [0.2, 0.25) is 5.91 Å². The molecule has 106 valence electrons. The molecule has 4 heteroatoms. The topological polar surface area (TPSA) is 56.1 Å². The van der Waals surface area contributed by atoms with Crippen LogP contribution in [0.5, 0.6) is 0 Å².